The Balaban J connectivity index is 1.79. The van der Waals surface area contributed by atoms with Crippen LogP contribution in [0.2, 0.25) is 0 Å². The van der Waals surface area contributed by atoms with Gasteiger partial charge >= 0.3 is 0 Å². The van der Waals surface area contributed by atoms with E-state index in [1.807, 2.05) is 43.0 Å². The van der Waals surface area contributed by atoms with Gasteiger partial charge in [0.1, 0.15) is 5.75 Å². The van der Waals surface area contributed by atoms with Crippen LogP contribution in [0.25, 0.3) is 0 Å². The van der Waals surface area contributed by atoms with E-state index in [1.54, 1.807) is 6.07 Å². The van der Waals surface area contributed by atoms with Crippen molar-refractivity contribution >= 4 is 5.91 Å². The lowest BCUT2D eigenvalue weighted by atomic mass is 10.0. The number of hydrogen-bond acceptors (Lipinski definition) is 4. The third-order valence-corrected chi connectivity index (χ3v) is 3.93. The molecule has 1 aliphatic rings. The molecule has 0 radical (unpaired) electrons. The van der Waals surface area contributed by atoms with Crippen LogP contribution in [0.1, 0.15) is 47.6 Å². The second kappa shape index (κ2) is 6.22. The quantitative estimate of drug-likeness (QED) is 0.869. The van der Waals surface area contributed by atoms with Gasteiger partial charge in [-0.15, -0.1) is 0 Å². The van der Waals surface area contributed by atoms with Crippen LogP contribution < -0.4 is 4.74 Å². The molecule has 1 aromatic carbocycles. The average molecular weight is 300 g/mol. The van der Waals surface area contributed by atoms with Crippen molar-refractivity contribution in [3.05, 3.63) is 47.3 Å². The molecule has 5 nitrogen and oxygen atoms in total. The molecule has 1 fully saturated rings. The van der Waals surface area contributed by atoms with Gasteiger partial charge in [-0.05, 0) is 44.4 Å². The van der Waals surface area contributed by atoms with E-state index >= 15 is 0 Å². The maximum absolute atomic E-state index is 12.6. The molecule has 0 spiro atoms. The highest BCUT2D eigenvalue weighted by Crippen LogP contribution is 2.33. The number of carbonyl (C=O) groups excluding carboxylic acids is 1. The number of benzene rings is 1. The van der Waals surface area contributed by atoms with Gasteiger partial charge in [-0.3, -0.25) is 4.79 Å². The van der Waals surface area contributed by atoms with Crippen LogP contribution in [0.5, 0.6) is 5.75 Å². The summed E-state index contributed by atoms with van der Waals surface area (Å²) in [5, 5.41) is 3.80. The van der Waals surface area contributed by atoms with Crippen LogP contribution in [0.15, 0.2) is 34.9 Å². The van der Waals surface area contributed by atoms with E-state index in [4.69, 9.17) is 9.26 Å². The van der Waals surface area contributed by atoms with E-state index in [2.05, 4.69) is 5.16 Å². The highest BCUT2D eigenvalue weighted by Gasteiger charge is 2.32. The van der Waals surface area contributed by atoms with E-state index in [1.165, 1.54) is 0 Å². The average Bonchev–Trinajstić information content (AvgIpc) is 3.16. The first kappa shape index (κ1) is 14.6. The molecule has 2 aromatic rings. The van der Waals surface area contributed by atoms with Gasteiger partial charge in [0.2, 0.25) is 5.76 Å². The molecule has 1 aromatic heterocycles. The number of hydrogen-bond donors (Lipinski definition) is 0. The summed E-state index contributed by atoms with van der Waals surface area (Å²) in [7, 11) is 0. The summed E-state index contributed by atoms with van der Waals surface area (Å²) >= 11 is 0. The molecule has 1 atom stereocenters. The predicted octanol–water partition coefficient (Wildman–Crippen LogP) is 3.36. The molecule has 5 heteroatoms. The van der Waals surface area contributed by atoms with Crippen LogP contribution in [0.3, 0.4) is 0 Å². The molecular formula is C17H20N2O3. The van der Waals surface area contributed by atoms with E-state index in [0.29, 0.717) is 12.4 Å². The van der Waals surface area contributed by atoms with Crippen LogP contribution in [-0.2, 0) is 0 Å². The smallest absolute Gasteiger partial charge is 0.292 e. The van der Waals surface area contributed by atoms with Crippen LogP contribution in [0.4, 0.5) is 0 Å². The topological polar surface area (TPSA) is 55.6 Å². The molecule has 0 saturated carbocycles. The Labute approximate surface area is 129 Å². The molecule has 0 N–H and O–H groups in total. The van der Waals surface area contributed by atoms with Crippen molar-refractivity contribution in [2.45, 2.75) is 32.7 Å². The Kier molecular flexibility index (Phi) is 4.13. The fourth-order valence-electron chi connectivity index (χ4n) is 2.92. The van der Waals surface area contributed by atoms with Crippen molar-refractivity contribution < 1.29 is 14.1 Å². The lowest BCUT2D eigenvalue weighted by molar-refractivity contribution is 0.0693. The summed E-state index contributed by atoms with van der Waals surface area (Å²) in [5.41, 5.74) is 1.85. The van der Waals surface area contributed by atoms with Crippen LogP contribution >= 0.6 is 0 Å². The highest BCUT2D eigenvalue weighted by molar-refractivity contribution is 5.92. The minimum absolute atomic E-state index is 0.0861. The second-order valence-corrected chi connectivity index (χ2v) is 5.49. The molecule has 0 aliphatic carbocycles. The molecule has 22 heavy (non-hydrogen) atoms. The molecule has 2 heterocycles. The van der Waals surface area contributed by atoms with Crippen molar-refractivity contribution in [2.75, 3.05) is 13.2 Å². The standard InChI is InChI=1S/C17H20N2O3/c1-3-21-14-8-6-13(7-9-14)15-5-4-10-19(15)17(20)16-11-12(2)18-22-16/h6-9,11,15H,3-5,10H2,1-2H3. The zero-order chi connectivity index (χ0) is 15.5. The summed E-state index contributed by atoms with van der Waals surface area (Å²) in [6.45, 7) is 5.17. The van der Waals surface area contributed by atoms with Crippen molar-refractivity contribution in [3.63, 3.8) is 0 Å². The first-order valence-corrected chi connectivity index (χ1v) is 7.66. The Bertz CT molecular complexity index is 648. The number of aryl methyl sites for hydroxylation is 1. The van der Waals surface area contributed by atoms with Gasteiger partial charge in [-0.25, -0.2) is 0 Å². The molecule has 0 bridgehead atoms. The number of likely N-dealkylation sites (tertiary alicyclic amines) is 1. The zero-order valence-corrected chi connectivity index (χ0v) is 12.9. The molecule has 1 unspecified atom stereocenters. The Morgan fingerprint density at radius 3 is 2.82 bits per heavy atom. The van der Waals surface area contributed by atoms with E-state index in [0.717, 1.165) is 36.4 Å². The Morgan fingerprint density at radius 2 is 2.18 bits per heavy atom. The molecule has 116 valence electrons. The van der Waals surface area contributed by atoms with Gasteiger partial charge in [-0.2, -0.15) is 0 Å². The Hall–Kier alpha value is -2.30. The van der Waals surface area contributed by atoms with Crippen LogP contribution in [-0.4, -0.2) is 29.1 Å². The first-order chi connectivity index (χ1) is 10.7. The number of aromatic nitrogens is 1. The van der Waals surface area contributed by atoms with E-state index in [-0.39, 0.29) is 11.9 Å². The summed E-state index contributed by atoms with van der Waals surface area (Å²) in [4.78, 5) is 14.5. The number of ether oxygens (including phenoxy) is 1. The maximum Gasteiger partial charge on any atom is 0.292 e. The van der Waals surface area contributed by atoms with Gasteiger partial charge in [0, 0.05) is 12.6 Å². The van der Waals surface area contributed by atoms with E-state index < -0.39 is 0 Å². The molecule has 1 saturated heterocycles. The van der Waals surface area contributed by atoms with E-state index in [9.17, 15) is 4.79 Å². The summed E-state index contributed by atoms with van der Waals surface area (Å²) < 4.78 is 10.6. The summed E-state index contributed by atoms with van der Waals surface area (Å²) in [5.74, 6) is 1.08. The molecule has 1 aliphatic heterocycles. The lowest BCUT2D eigenvalue weighted by Gasteiger charge is -2.24. The van der Waals surface area contributed by atoms with Crippen molar-refractivity contribution in [2.24, 2.45) is 0 Å². The number of carbonyl (C=O) groups is 1. The Morgan fingerprint density at radius 1 is 1.41 bits per heavy atom. The predicted molar refractivity (Wildman–Crippen MR) is 81.9 cm³/mol. The summed E-state index contributed by atoms with van der Waals surface area (Å²) in [6.07, 6.45) is 1.96. The molecule has 3 rings (SSSR count). The van der Waals surface area contributed by atoms with Gasteiger partial charge in [0.05, 0.1) is 18.3 Å². The zero-order valence-electron chi connectivity index (χ0n) is 12.9. The second-order valence-electron chi connectivity index (χ2n) is 5.49. The van der Waals surface area contributed by atoms with Gasteiger partial charge in [0.15, 0.2) is 0 Å². The largest absolute Gasteiger partial charge is 0.494 e. The summed E-state index contributed by atoms with van der Waals surface area (Å²) in [6, 6.07) is 9.76. The number of amides is 1. The lowest BCUT2D eigenvalue weighted by Crippen LogP contribution is -2.30. The third-order valence-electron chi connectivity index (χ3n) is 3.93. The minimum Gasteiger partial charge on any atom is -0.494 e. The van der Waals surface area contributed by atoms with Crippen LogP contribution in [0, 0.1) is 6.92 Å². The SMILES string of the molecule is CCOc1ccc(C2CCCN2C(=O)c2cc(C)no2)cc1. The number of nitrogens with zero attached hydrogens (tertiary/aromatic N) is 2. The number of rotatable bonds is 4. The van der Waals surface area contributed by atoms with Gasteiger partial charge < -0.3 is 14.2 Å². The highest BCUT2D eigenvalue weighted by atomic mass is 16.5. The normalized spacial score (nSPS) is 17.7. The fourth-order valence-corrected chi connectivity index (χ4v) is 2.92. The van der Waals surface area contributed by atoms with Gasteiger partial charge in [-0.1, -0.05) is 17.3 Å². The molecular weight excluding hydrogens is 280 g/mol. The molecule has 1 amide bonds. The van der Waals surface area contributed by atoms with Crippen molar-refractivity contribution in [3.8, 4) is 5.75 Å². The third kappa shape index (κ3) is 2.84. The maximum atomic E-state index is 12.6. The minimum atomic E-state index is -0.0861. The fraction of sp³-hybridized carbons (Fsp3) is 0.412. The van der Waals surface area contributed by atoms with Crippen molar-refractivity contribution in [1.82, 2.24) is 10.1 Å². The van der Waals surface area contributed by atoms with Crippen molar-refractivity contribution in [1.29, 1.82) is 0 Å². The van der Waals surface area contributed by atoms with Gasteiger partial charge in [0.25, 0.3) is 5.91 Å². The first-order valence-electron chi connectivity index (χ1n) is 7.66. The monoisotopic (exact) mass is 300 g/mol.